The Labute approximate surface area is 237 Å². The summed E-state index contributed by atoms with van der Waals surface area (Å²) in [5.74, 6) is 0. The van der Waals surface area contributed by atoms with Gasteiger partial charge in [0.2, 0.25) is 0 Å². The Morgan fingerprint density at radius 2 is 2.00 bits per heavy atom. The molecule has 3 N–H and O–H groups in total. The summed E-state index contributed by atoms with van der Waals surface area (Å²) < 4.78 is 30.4. The molecule has 0 saturated carbocycles. The van der Waals surface area contributed by atoms with Gasteiger partial charge in [-0.1, -0.05) is 12.1 Å². The number of aliphatic hydroxyl groups is 1. The highest BCUT2D eigenvalue weighted by Gasteiger charge is 2.28. The summed E-state index contributed by atoms with van der Waals surface area (Å²) in [6.45, 7) is 5.18. The summed E-state index contributed by atoms with van der Waals surface area (Å²) in [4.78, 5) is 20.2. The number of nitrogens with one attached hydrogen (secondary N) is 2. The maximum Gasteiger partial charge on any atom is 0.333 e. The van der Waals surface area contributed by atoms with Crippen LogP contribution in [0.4, 0.5) is 10.5 Å². The molecule has 210 valence electrons. The van der Waals surface area contributed by atoms with Gasteiger partial charge in [0.1, 0.15) is 9.86 Å². The fourth-order valence-electron chi connectivity index (χ4n) is 5.85. The number of hydrogen-bond donors (Lipinski definition) is 3. The monoisotopic (exact) mass is 579 g/mol. The van der Waals surface area contributed by atoms with Crippen molar-refractivity contribution in [2.45, 2.75) is 55.4 Å². The van der Waals surface area contributed by atoms with Crippen LogP contribution in [0.15, 0.2) is 52.3 Å². The van der Waals surface area contributed by atoms with E-state index in [-0.39, 0.29) is 4.21 Å². The summed E-state index contributed by atoms with van der Waals surface area (Å²) in [5, 5.41) is 15.7. The molecule has 0 radical (unpaired) electrons. The van der Waals surface area contributed by atoms with E-state index in [4.69, 9.17) is 4.98 Å². The van der Waals surface area contributed by atoms with E-state index >= 15 is 0 Å². The van der Waals surface area contributed by atoms with E-state index in [1.807, 2.05) is 12.1 Å². The van der Waals surface area contributed by atoms with E-state index < -0.39 is 21.7 Å². The number of likely N-dealkylation sites (N-methyl/N-ethyl adjacent to an activating group) is 1. The molecule has 0 spiro atoms. The van der Waals surface area contributed by atoms with Crippen LogP contribution in [0, 0.1) is 0 Å². The van der Waals surface area contributed by atoms with E-state index in [1.54, 1.807) is 25.4 Å². The molecule has 1 fully saturated rings. The topological polar surface area (TPSA) is 117 Å². The average molecular weight is 580 g/mol. The van der Waals surface area contributed by atoms with Gasteiger partial charge in [-0.2, -0.15) is 0 Å². The van der Waals surface area contributed by atoms with Crippen molar-refractivity contribution in [1.29, 1.82) is 0 Å². The maximum atomic E-state index is 13.2. The second-order valence-electron chi connectivity index (χ2n) is 11.3. The summed E-state index contributed by atoms with van der Waals surface area (Å²) in [6.07, 6.45) is 7.64. The van der Waals surface area contributed by atoms with Crippen LogP contribution in [-0.4, -0.2) is 54.1 Å². The molecule has 9 nitrogen and oxygen atoms in total. The highest BCUT2D eigenvalue weighted by atomic mass is 32.2. The van der Waals surface area contributed by atoms with E-state index in [0.29, 0.717) is 17.3 Å². The van der Waals surface area contributed by atoms with Crippen molar-refractivity contribution in [3.05, 3.63) is 64.8 Å². The summed E-state index contributed by atoms with van der Waals surface area (Å²) in [7, 11) is -2.00. The predicted molar refractivity (Wildman–Crippen MR) is 157 cm³/mol. The molecule has 2 amide bonds. The number of hydrogen-bond acceptors (Lipinski definition) is 7. The third-order valence-corrected chi connectivity index (χ3v) is 10.7. The van der Waals surface area contributed by atoms with Crippen molar-refractivity contribution >= 4 is 44.1 Å². The molecule has 0 bridgehead atoms. The number of amides is 2. The molecule has 6 rings (SSSR count). The van der Waals surface area contributed by atoms with Crippen molar-refractivity contribution in [2.24, 2.45) is 0 Å². The van der Waals surface area contributed by atoms with Gasteiger partial charge in [-0.15, -0.1) is 11.3 Å². The van der Waals surface area contributed by atoms with E-state index in [9.17, 15) is 18.3 Å². The molecule has 40 heavy (non-hydrogen) atoms. The Morgan fingerprint density at radius 1 is 1.18 bits per heavy atom. The van der Waals surface area contributed by atoms with Gasteiger partial charge >= 0.3 is 6.03 Å². The molecule has 1 aromatic carbocycles. The number of thiophene rings is 1. The van der Waals surface area contributed by atoms with Gasteiger partial charge in [0.25, 0.3) is 10.0 Å². The molecule has 1 unspecified atom stereocenters. The molecule has 1 aliphatic heterocycles. The standard InChI is InChI=1S/C29H33N5O4S2/c1-29(2,36)19-15-25(39-17-19)40(37,38)32-28(35)31-26-21-6-4-5-18(21)7-8-23(26)22-9-12-30-27-24(22)11-14-34(27)20-10-13-33(3)16-20/h7-9,11-12,14-15,17,20,36H,4-6,10,13,16H2,1-3H3,(H2,31,32,35). The highest BCUT2D eigenvalue weighted by molar-refractivity contribution is 7.92. The van der Waals surface area contributed by atoms with Crippen LogP contribution in [-0.2, 0) is 28.5 Å². The van der Waals surface area contributed by atoms with Crippen LogP contribution in [0.5, 0.6) is 0 Å². The quantitative estimate of drug-likeness (QED) is 0.300. The van der Waals surface area contributed by atoms with Crippen molar-refractivity contribution in [3.8, 4) is 11.1 Å². The second-order valence-corrected chi connectivity index (χ2v) is 14.1. The number of likely N-dealkylation sites (tertiary alicyclic amines) is 1. The second kappa shape index (κ2) is 9.99. The van der Waals surface area contributed by atoms with E-state index in [0.717, 1.165) is 83.4 Å². The number of fused-ring (bicyclic) bond motifs is 2. The van der Waals surface area contributed by atoms with Gasteiger partial charge in [0, 0.05) is 35.9 Å². The molecule has 1 saturated heterocycles. The molecule has 1 atom stereocenters. The molecule has 3 aromatic heterocycles. The summed E-state index contributed by atoms with van der Waals surface area (Å²) in [5.41, 5.74) is 4.79. The van der Waals surface area contributed by atoms with Crippen LogP contribution in [0.1, 0.15) is 49.4 Å². The smallest absolute Gasteiger partial charge is 0.333 e. The lowest BCUT2D eigenvalue weighted by atomic mass is 9.96. The number of aromatic nitrogens is 2. The fourth-order valence-corrected chi connectivity index (χ4v) is 8.10. The number of carbonyl (C=O) groups is 1. The predicted octanol–water partition coefficient (Wildman–Crippen LogP) is 4.87. The number of carbonyl (C=O) groups excluding carboxylic acids is 1. The van der Waals surface area contributed by atoms with Gasteiger partial charge in [-0.3, -0.25) is 0 Å². The number of anilines is 1. The third-order valence-electron chi connectivity index (χ3n) is 7.96. The lowest BCUT2D eigenvalue weighted by Crippen LogP contribution is -2.34. The number of benzene rings is 1. The SMILES string of the molecule is CN1CCC(n2ccc3c(-c4ccc5c(c4NC(=O)NS(=O)(=O)c4cc(C(C)(C)O)cs4)CCC5)ccnc32)C1. The van der Waals surface area contributed by atoms with Gasteiger partial charge < -0.3 is 19.9 Å². The maximum absolute atomic E-state index is 13.2. The van der Waals surface area contributed by atoms with E-state index in [2.05, 4.69) is 44.9 Å². The normalized spacial score (nSPS) is 17.9. The molecule has 11 heteroatoms. The molecule has 1 aliphatic carbocycles. The van der Waals surface area contributed by atoms with Gasteiger partial charge in [0.15, 0.2) is 0 Å². The van der Waals surface area contributed by atoms with Crippen LogP contribution in [0.25, 0.3) is 22.2 Å². The first-order valence-corrected chi connectivity index (χ1v) is 15.8. The first-order valence-electron chi connectivity index (χ1n) is 13.5. The van der Waals surface area contributed by atoms with Crippen LogP contribution >= 0.6 is 11.3 Å². The number of pyridine rings is 1. The molecule has 4 heterocycles. The third kappa shape index (κ3) is 4.91. The Kier molecular flexibility index (Phi) is 6.73. The lowest BCUT2D eigenvalue weighted by molar-refractivity contribution is 0.0789. The number of rotatable bonds is 6. The Bertz CT molecular complexity index is 1720. The van der Waals surface area contributed by atoms with Crippen LogP contribution in [0.3, 0.4) is 0 Å². The zero-order chi connectivity index (χ0) is 28.2. The Balaban J connectivity index is 1.34. The van der Waals surface area contributed by atoms with E-state index in [1.165, 1.54) is 6.07 Å². The van der Waals surface area contributed by atoms with Crippen LogP contribution < -0.4 is 10.0 Å². The number of urea groups is 1. The minimum Gasteiger partial charge on any atom is -0.386 e. The molecular formula is C29H33N5O4S2. The molecule has 2 aliphatic rings. The number of aryl methyl sites for hydroxylation is 1. The summed E-state index contributed by atoms with van der Waals surface area (Å²) in [6, 6.07) is 9.08. The number of sulfonamides is 1. The zero-order valence-electron chi connectivity index (χ0n) is 22.8. The van der Waals surface area contributed by atoms with Crippen molar-refractivity contribution in [3.63, 3.8) is 0 Å². The Morgan fingerprint density at radius 3 is 2.73 bits per heavy atom. The fraction of sp³-hybridized carbons (Fsp3) is 0.379. The van der Waals surface area contributed by atoms with Crippen molar-refractivity contribution in [2.75, 3.05) is 25.5 Å². The Hall–Kier alpha value is -3.25. The molecular weight excluding hydrogens is 546 g/mol. The summed E-state index contributed by atoms with van der Waals surface area (Å²) >= 11 is 0.963. The molecule has 4 aromatic rings. The first kappa shape index (κ1) is 26.9. The van der Waals surface area contributed by atoms with Gasteiger partial charge in [-0.05, 0) is 99.0 Å². The minimum atomic E-state index is -4.13. The van der Waals surface area contributed by atoms with Crippen molar-refractivity contribution < 1.29 is 18.3 Å². The zero-order valence-corrected chi connectivity index (χ0v) is 24.4. The van der Waals surface area contributed by atoms with Crippen LogP contribution in [0.2, 0.25) is 0 Å². The lowest BCUT2D eigenvalue weighted by Gasteiger charge is -2.18. The first-order chi connectivity index (χ1) is 19.0. The van der Waals surface area contributed by atoms with Gasteiger partial charge in [-0.25, -0.2) is 22.9 Å². The van der Waals surface area contributed by atoms with Gasteiger partial charge in [0.05, 0.1) is 11.3 Å². The number of nitrogens with zero attached hydrogens (tertiary/aromatic N) is 3. The largest absolute Gasteiger partial charge is 0.386 e. The average Bonchev–Trinajstić information content (AvgIpc) is 3.69. The van der Waals surface area contributed by atoms with Crippen molar-refractivity contribution in [1.82, 2.24) is 19.2 Å². The minimum absolute atomic E-state index is 0.0342. The highest BCUT2D eigenvalue weighted by Crippen LogP contribution is 2.40.